The molecule has 0 atom stereocenters. The molecule has 94 valence electrons. The lowest BCUT2D eigenvalue weighted by atomic mass is 10.3. The highest BCUT2D eigenvalue weighted by molar-refractivity contribution is 7.07. The summed E-state index contributed by atoms with van der Waals surface area (Å²) in [6, 6.07) is 5.83. The predicted octanol–water partition coefficient (Wildman–Crippen LogP) is 2.09. The average Bonchev–Trinajstić information content (AvgIpc) is 2.64. The molecule has 6 heteroatoms. The summed E-state index contributed by atoms with van der Waals surface area (Å²) in [7, 11) is 1.76. The summed E-state index contributed by atoms with van der Waals surface area (Å²) >= 11 is 1.36. The van der Waals surface area contributed by atoms with Gasteiger partial charge in [-0.15, -0.1) is 11.3 Å². The quantitative estimate of drug-likeness (QED) is 0.924. The van der Waals surface area contributed by atoms with Gasteiger partial charge in [0.05, 0.1) is 12.1 Å². The lowest BCUT2D eigenvalue weighted by molar-refractivity contribution is -0.136. The van der Waals surface area contributed by atoms with E-state index < -0.39 is 5.97 Å². The van der Waals surface area contributed by atoms with Crippen LogP contribution in [-0.2, 0) is 18.3 Å². The van der Waals surface area contributed by atoms with Crippen LogP contribution in [0.4, 0.5) is 10.1 Å². The van der Waals surface area contributed by atoms with Crippen LogP contribution < -0.4 is 4.80 Å². The first-order chi connectivity index (χ1) is 8.56. The molecule has 0 spiro atoms. The van der Waals surface area contributed by atoms with Crippen molar-refractivity contribution < 1.29 is 14.3 Å². The highest BCUT2D eigenvalue weighted by Gasteiger charge is 2.06. The van der Waals surface area contributed by atoms with Gasteiger partial charge in [0.15, 0.2) is 4.80 Å². The molecule has 0 unspecified atom stereocenters. The number of halogens is 1. The number of benzene rings is 1. The molecule has 0 aliphatic carbocycles. The van der Waals surface area contributed by atoms with Crippen LogP contribution in [0.25, 0.3) is 0 Å². The minimum atomic E-state index is -0.878. The van der Waals surface area contributed by atoms with E-state index in [1.807, 2.05) is 0 Å². The van der Waals surface area contributed by atoms with Gasteiger partial charge in [-0.3, -0.25) is 4.79 Å². The Balaban J connectivity index is 2.36. The fraction of sp³-hybridized carbons (Fsp3) is 0.167. The number of aliphatic carboxylic acids is 1. The lowest BCUT2D eigenvalue weighted by Gasteiger charge is -1.98. The average molecular weight is 266 g/mol. The van der Waals surface area contributed by atoms with E-state index >= 15 is 0 Å². The number of rotatable bonds is 3. The maximum absolute atomic E-state index is 12.7. The zero-order valence-electron chi connectivity index (χ0n) is 9.63. The summed E-state index contributed by atoms with van der Waals surface area (Å²) < 4.78 is 14.5. The van der Waals surface area contributed by atoms with Crippen molar-refractivity contribution in [3.63, 3.8) is 0 Å². The number of aromatic nitrogens is 1. The van der Waals surface area contributed by atoms with Crippen LogP contribution in [0.5, 0.6) is 0 Å². The van der Waals surface area contributed by atoms with Crippen molar-refractivity contribution in [2.75, 3.05) is 0 Å². The topological polar surface area (TPSA) is 54.6 Å². The van der Waals surface area contributed by atoms with Crippen molar-refractivity contribution in [2.24, 2.45) is 12.0 Å². The van der Waals surface area contributed by atoms with E-state index in [2.05, 4.69) is 4.99 Å². The zero-order chi connectivity index (χ0) is 13.1. The molecule has 0 fully saturated rings. The van der Waals surface area contributed by atoms with Crippen molar-refractivity contribution in [3.8, 4) is 0 Å². The molecule has 4 nitrogen and oxygen atoms in total. The third-order valence-electron chi connectivity index (χ3n) is 2.40. The lowest BCUT2D eigenvalue weighted by Crippen LogP contribution is -2.15. The van der Waals surface area contributed by atoms with Crippen LogP contribution in [0, 0.1) is 5.82 Å². The molecule has 18 heavy (non-hydrogen) atoms. The summed E-state index contributed by atoms with van der Waals surface area (Å²) in [4.78, 5) is 15.7. The summed E-state index contributed by atoms with van der Waals surface area (Å²) in [6.07, 6.45) is -0.0358. The van der Waals surface area contributed by atoms with Crippen molar-refractivity contribution in [1.29, 1.82) is 0 Å². The maximum Gasteiger partial charge on any atom is 0.309 e. The Kier molecular flexibility index (Phi) is 3.57. The van der Waals surface area contributed by atoms with Crippen molar-refractivity contribution >= 4 is 23.0 Å². The van der Waals surface area contributed by atoms with E-state index in [0.717, 1.165) is 0 Å². The van der Waals surface area contributed by atoms with E-state index in [1.165, 1.54) is 23.5 Å². The van der Waals surface area contributed by atoms with Gasteiger partial charge in [-0.25, -0.2) is 9.38 Å². The molecule has 0 bridgehead atoms. The van der Waals surface area contributed by atoms with Gasteiger partial charge < -0.3 is 9.67 Å². The Hall–Kier alpha value is -1.95. The Bertz CT molecular complexity index is 628. The number of carboxylic acid groups (broad SMARTS) is 1. The third-order valence-corrected chi connectivity index (χ3v) is 3.37. The molecule has 1 heterocycles. The van der Waals surface area contributed by atoms with E-state index in [-0.39, 0.29) is 12.2 Å². The molecule has 2 aromatic rings. The predicted molar refractivity (Wildman–Crippen MR) is 66.3 cm³/mol. The Morgan fingerprint density at radius 2 is 2.11 bits per heavy atom. The summed E-state index contributed by atoms with van der Waals surface area (Å²) in [6.45, 7) is 0. The van der Waals surface area contributed by atoms with Crippen LogP contribution in [-0.4, -0.2) is 15.6 Å². The monoisotopic (exact) mass is 266 g/mol. The molecule has 2 rings (SSSR count). The molecular formula is C12H11FN2O2S. The molecule has 1 aromatic carbocycles. The largest absolute Gasteiger partial charge is 0.481 e. The number of hydrogen-bond donors (Lipinski definition) is 1. The first-order valence-electron chi connectivity index (χ1n) is 5.22. The molecule has 1 aromatic heterocycles. The second kappa shape index (κ2) is 5.14. The highest BCUT2D eigenvalue weighted by atomic mass is 32.1. The fourth-order valence-corrected chi connectivity index (χ4v) is 2.36. The molecule has 0 saturated heterocycles. The van der Waals surface area contributed by atoms with Gasteiger partial charge in [0, 0.05) is 18.1 Å². The smallest absolute Gasteiger partial charge is 0.309 e. The SMILES string of the molecule is Cn1c(CC(=O)O)cs/c1=N/c1ccc(F)cc1. The summed E-state index contributed by atoms with van der Waals surface area (Å²) in [5.74, 6) is -1.19. The van der Waals surface area contributed by atoms with E-state index in [4.69, 9.17) is 5.11 Å². The Morgan fingerprint density at radius 3 is 2.72 bits per heavy atom. The van der Waals surface area contributed by atoms with Gasteiger partial charge in [-0.05, 0) is 24.3 Å². The second-order valence-electron chi connectivity index (χ2n) is 3.73. The molecule has 0 radical (unpaired) electrons. The maximum atomic E-state index is 12.7. The number of carbonyl (C=O) groups is 1. The number of carboxylic acids is 1. The number of hydrogen-bond acceptors (Lipinski definition) is 3. The van der Waals surface area contributed by atoms with E-state index in [9.17, 15) is 9.18 Å². The van der Waals surface area contributed by atoms with Gasteiger partial charge in [-0.2, -0.15) is 0 Å². The molecule has 0 aliphatic heterocycles. The Morgan fingerprint density at radius 1 is 1.44 bits per heavy atom. The fourth-order valence-electron chi connectivity index (χ4n) is 1.44. The van der Waals surface area contributed by atoms with Gasteiger partial charge in [-0.1, -0.05) is 0 Å². The molecule has 1 N–H and O–H groups in total. The van der Waals surface area contributed by atoms with E-state index in [1.54, 1.807) is 29.1 Å². The molecule has 0 amide bonds. The highest BCUT2D eigenvalue weighted by Crippen LogP contribution is 2.12. The van der Waals surface area contributed by atoms with Crippen molar-refractivity contribution in [3.05, 3.63) is 46.0 Å². The number of nitrogens with zero attached hydrogens (tertiary/aromatic N) is 2. The van der Waals surface area contributed by atoms with Gasteiger partial charge in [0.1, 0.15) is 5.82 Å². The van der Waals surface area contributed by atoms with Crippen LogP contribution in [0.1, 0.15) is 5.69 Å². The van der Waals surface area contributed by atoms with Gasteiger partial charge in [0.2, 0.25) is 0 Å². The van der Waals surface area contributed by atoms with E-state index in [0.29, 0.717) is 16.2 Å². The van der Waals surface area contributed by atoms with Crippen LogP contribution in [0.15, 0.2) is 34.6 Å². The molecule has 0 aliphatic rings. The van der Waals surface area contributed by atoms with Gasteiger partial charge >= 0.3 is 5.97 Å². The summed E-state index contributed by atoms with van der Waals surface area (Å²) in [5, 5.41) is 10.5. The van der Waals surface area contributed by atoms with Crippen LogP contribution >= 0.6 is 11.3 Å². The van der Waals surface area contributed by atoms with Crippen LogP contribution in [0.3, 0.4) is 0 Å². The molecule has 0 saturated carbocycles. The second-order valence-corrected chi connectivity index (χ2v) is 4.56. The Labute approximate surface area is 107 Å². The third kappa shape index (κ3) is 2.84. The minimum Gasteiger partial charge on any atom is -0.481 e. The normalized spacial score (nSPS) is 11.8. The molecular weight excluding hydrogens is 255 g/mol. The first kappa shape index (κ1) is 12.5. The standard InChI is InChI=1S/C12H11FN2O2S/c1-15-10(6-11(16)17)7-18-12(15)14-9-4-2-8(13)3-5-9/h2-5,7H,6H2,1H3,(H,16,17)/b14-12+. The summed E-state index contributed by atoms with van der Waals surface area (Å²) in [5.41, 5.74) is 1.32. The zero-order valence-corrected chi connectivity index (χ0v) is 10.4. The first-order valence-corrected chi connectivity index (χ1v) is 6.09. The van der Waals surface area contributed by atoms with Gasteiger partial charge in [0.25, 0.3) is 0 Å². The minimum absolute atomic E-state index is 0.0358. The number of thiazole rings is 1. The van der Waals surface area contributed by atoms with Crippen molar-refractivity contribution in [1.82, 2.24) is 4.57 Å². The van der Waals surface area contributed by atoms with Crippen LogP contribution in [0.2, 0.25) is 0 Å². The van der Waals surface area contributed by atoms with Crippen molar-refractivity contribution in [2.45, 2.75) is 6.42 Å².